The van der Waals surface area contributed by atoms with Gasteiger partial charge in [0.25, 0.3) is 0 Å². The van der Waals surface area contributed by atoms with Crippen LogP contribution in [-0.2, 0) is 14.3 Å². The van der Waals surface area contributed by atoms with Gasteiger partial charge in [0.15, 0.2) is 0 Å². The molecule has 0 radical (unpaired) electrons. The Hall–Kier alpha value is -1.97. The first-order valence-corrected chi connectivity index (χ1v) is 13.4. The summed E-state index contributed by atoms with van der Waals surface area (Å²) in [5.41, 5.74) is -0.142. The molecule has 2 N–H and O–H groups in total. The van der Waals surface area contributed by atoms with Crippen molar-refractivity contribution in [1.29, 1.82) is 0 Å². The Balaban J connectivity index is 1.16. The van der Waals surface area contributed by atoms with Gasteiger partial charge in [-0.1, -0.05) is 11.6 Å². The molecular formula is C27H35ClN4O4. The van der Waals surface area contributed by atoms with Crippen molar-refractivity contribution in [2.24, 2.45) is 11.3 Å². The Kier molecular flexibility index (Phi) is 5.96. The largest absolute Gasteiger partial charge is 0.386 e. The smallest absolute Gasteiger partial charge is 0.229 e. The van der Waals surface area contributed by atoms with Gasteiger partial charge < -0.3 is 24.8 Å². The molecular weight excluding hydrogens is 480 g/mol. The summed E-state index contributed by atoms with van der Waals surface area (Å²) >= 11 is 6.71. The van der Waals surface area contributed by atoms with Gasteiger partial charge in [-0.15, -0.1) is 0 Å². The number of pyridine rings is 1. The van der Waals surface area contributed by atoms with Crippen molar-refractivity contribution >= 4 is 39.8 Å². The van der Waals surface area contributed by atoms with Crippen LogP contribution in [-0.4, -0.2) is 84.6 Å². The number of aromatic nitrogens is 1. The third kappa shape index (κ3) is 4.07. The van der Waals surface area contributed by atoms with Crippen molar-refractivity contribution in [2.45, 2.75) is 44.2 Å². The molecule has 1 aromatic carbocycles. The average Bonchev–Trinajstić information content (AvgIpc) is 3.48. The summed E-state index contributed by atoms with van der Waals surface area (Å²) in [5, 5.41) is 16.6. The van der Waals surface area contributed by atoms with E-state index in [0.29, 0.717) is 24.1 Å². The molecule has 3 saturated heterocycles. The van der Waals surface area contributed by atoms with Crippen LogP contribution in [0.5, 0.6) is 0 Å². The lowest BCUT2D eigenvalue weighted by Crippen LogP contribution is -2.65. The minimum absolute atomic E-state index is 0.0591. The second-order valence-electron chi connectivity index (χ2n) is 11.5. The fourth-order valence-electron chi connectivity index (χ4n) is 6.36. The number of hydrogen-bond donors (Lipinski definition) is 2. The maximum absolute atomic E-state index is 12.9. The number of nitrogens with zero attached hydrogens (tertiary/aromatic N) is 3. The van der Waals surface area contributed by atoms with Gasteiger partial charge >= 0.3 is 0 Å². The highest BCUT2D eigenvalue weighted by Gasteiger charge is 2.58. The number of aliphatic hydroxyl groups is 1. The molecule has 9 heteroatoms. The standard InChI is InChI=1S/C27H35ClN4O4/c1-25(16-36-17-26(25,2)34)32-7-5-31(6-8-32)22-12-18-13-23(29-15-19(18)11-21(22)28)30-24(33)20-14-27(20)3-9-35-10-4-27/h11-13,15,20,34H,3-10,14,16-17H2,1-2H3,(H,29,30,33)/t20-,25+,26-/m0/s1. The number of nitrogens with one attached hydrogen (secondary N) is 1. The topological polar surface area (TPSA) is 87.2 Å². The van der Waals surface area contributed by atoms with Gasteiger partial charge in [-0.2, -0.15) is 0 Å². The number of carbonyl (C=O) groups excluding carboxylic acids is 1. The molecule has 6 rings (SSSR count). The summed E-state index contributed by atoms with van der Waals surface area (Å²) in [6.07, 6.45) is 4.66. The number of carbonyl (C=O) groups is 1. The van der Waals surface area contributed by atoms with Gasteiger partial charge in [-0.05, 0) is 62.1 Å². The van der Waals surface area contributed by atoms with E-state index in [1.807, 2.05) is 19.1 Å². The highest BCUT2D eigenvalue weighted by molar-refractivity contribution is 6.34. The molecule has 194 valence electrons. The molecule has 3 atom stereocenters. The van der Waals surface area contributed by atoms with E-state index in [9.17, 15) is 9.90 Å². The number of benzene rings is 1. The van der Waals surface area contributed by atoms with Crippen LogP contribution < -0.4 is 10.2 Å². The van der Waals surface area contributed by atoms with Crippen molar-refractivity contribution in [1.82, 2.24) is 9.88 Å². The number of anilines is 2. The first kappa shape index (κ1) is 24.4. The highest BCUT2D eigenvalue weighted by Crippen LogP contribution is 2.59. The molecule has 1 aromatic heterocycles. The first-order valence-electron chi connectivity index (χ1n) is 13.0. The van der Waals surface area contributed by atoms with Crippen molar-refractivity contribution < 1.29 is 19.4 Å². The Morgan fingerprint density at radius 3 is 2.53 bits per heavy atom. The lowest BCUT2D eigenvalue weighted by atomic mass is 9.83. The van der Waals surface area contributed by atoms with Gasteiger partial charge in [0, 0.05) is 56.9 Å². The zero-order valence-electron chi connectivity index (χ0n) is 21.1. The Labute approximate surface area is 216 Å². The summed E-state index contributed by atoms with van der Waals surface area (Å²) in [4.78, 5) is 22.0. The lowest BCUT2D eigenvalue weighted by Gasteiger charge is -2.48. The highest BCUT2D eigenvalue weighted by atomic mass is 35.5. The van der Waals surface area contributed by atoms with Crippen LogP contribution in [0.3, 0.4) is 0 Å². The van der Waals surface area contributed by atoms with Crippen LogP contribution in [0, 0.1) is 11.3 Å². The molecule has 1 aliphatic carbocycles. The minimum atomic E-state index is -0.867. The molecule has 4 aliphatic rings. The molecule has 3 aliphatic heterocycles. The maximum atomic E-state index is 12.9. The molecule has 36 heavy (non-hydrogen) atoms. The molecule has 0 unspecified atom stereocenters. The quantitative estimate of drug-likeness (QED) is 0.647. The molecule has 4 heterocycles. The van der Waals surface area contributed by atoms with Crippen LogP contribution in [0.4, 0.5) is 11.5 Å². The maximum Gasteiger partial charge on any atom is 0.229 e. The van der Waals surface area contributed by atoms with E-state index in [4.69, 9.17) is 21.1 Å². The van der Waals surface area contributed by atoms with Gasteiger partial charge in [-0.3, -0.25) is 9.69 Å². The third-order valence-corrected chi connectivity index (χ3v) is 9.58. The summed E-state index contributed by atoms with van der Waals surface area (Å²) in [7, 11) is 0. The van der Waals surface area contributed by atoms with E-state index in [-0.39, 0.29) is 17.2 Å². The van der Waals surface area contributed by atoms with E-state index in [0.717, 1.165) is 75.1 Å². The number of fused-ring (bicyclic) bond motifs is 1. The number of piperazine rings is 1. The number of amides is 1. The van der Waals surface area contributed by atoms with Gasteiger partial charge in [0.05, 0.1) is 29.5 Å². The fraction of sp³-hybridized carbons (Fsp3) is 0.630. The molecule has 1 saturated carbocycles. The van der Waals surface area contributed by atoms with E-state index < -0.39 is 11.1 Å². The van der Waals surface area contributed by atoms with Crippen LogP contribution in [0.1, 0.15) is 33.1 Å². The Bertz CT molecular complexity index is 1180. The first-order chi connectivity index (χ1) is 17.2. The molecule has 8 nitrogen and oxygen atoms in total. The van der Waals surface area contributed by atoms with Crippen LogP contribution in [0.2, 0.25) is 5.02 Å². The van der Waals surface area contributed by atoms with Crippen molar-refractivity contribution in [3.05, 3.63) is 29.4 Å². The van der Waals surface area contributed by atoms with E-state index >= 15 is 0 Å². The van der Waals surface area contributed by atoms with Gasteiger partial charge in [0.1, 0.15) is 11.4 Å². The van der Waals surface area contributed by atoms with Gasteiger partial charge in [0.2, 0.25) is 5.91 Å². The minimum Gasteiger partial charge on any atom is -0.386 e. The zero-order chi connectivity index (χ0) is 25.1. The van der Waals surface area contributed by atoms with Gasteiger partial charge in [-0.25, -0.2) is 4.98 Å². The Morgan fingerprint density at radius 1 is 1.08 bits per heavy atom. The fourth-order valence-corrected chi connectivity index (χ4v) is 6.65. The number of ether oxygens (including phenoxy) is 2. The zero-order valence-corrected chi connectivity index (χ0v) is 21.8. The molecule has 1 amide bonds. The number of hydrogen-bond acceptors (Lipinski definition) is 7. The van der Waals surface area contributed by atoms with Crippen molar-refractivity contribution in [3.8, 4) is 0 Å². The van der Waals surface area contributed by atoms with Crippen LogP contribution >= 0.6 is 11.6 Å². The van der Waals surface area contributed by atoms with Crippen LogP contribution in [0.25, 0.3) is 10.8 Å². The number of halogens is 1. The van der Waals surface area contributed by atoms with Crippen molar-refractivity contribution in [3.63, 3.8) is 0 Å². The monoisotopic (exact) mass is 514 g/mol. The summed E-state index contributed by atoms with van der Waals surface area (Å²) in [6, 6.07) is 5.99. The second-order valence-corrected chi connectivity index (χ2v) is 11.9. The SMILES string of the molecule is C[C@]1(O)COC[C@@]1(C)N1CCN(c2cc3cc(NC(=O)[C@@H]4CC45CCOCC5)ncc3cc2Cl)CC1. The predicted octanol–water partition coefficient (Wildman–Crippen LogP) is 3.31. The van der Waals surface area contributed by atoms with Crippen molar-refractivity contribution in [2.75, 3.05) is 62.8 Å². The number of rotatable bonds is 4. The Morgan fingerprint density at radius 2 is 1.83 bits per heavy atom. The van der Waals surface area contributed by atoms with E-state index in [1.165, 1.54) is 0 Å². The molecule has 0 bridgehead atoms. The molecule has 2 aromatic rings. The average molecular weight is 515 g/mol. The molecule has 1 spiro atoms. The summed E-state index contributed by atoms with van der Waals surface area (Å²) in [6.45, 7) is 9.60. The van der Waals surface area contributed by atoms with E-state index in [2.05, 4.69) is 33.1 Å². The lowest BCUT2D eigenvalue weighted by molar-refractivity contribution is -0.118. The second kappa shape index (κ2) is 8.81. The third-order valence-electron chi connectivity index (χ3n) is 9.28. The summed E-state index contributed by atoms with van der Waals surface area (Å²) in [5.74, 6) is 0.703. The normalized spacial score (nSPS) is 32.2. The van der Waals surface area contributed by atoms with Crippen LogP contribution in [0.15, 0.2) is 24.4 Å². The predicted molar refractivity (Wildman–Crippen MR) is 140 cm³/mol. The summed E-state index contributed by atoms with van der Waals surface area (Å²) < 4.78 is 11.1. The molecule has 4 fully saturated rings. The van der Waals surface area contributed by atoms with E-state index in [1.54, 1.807) is 6.20 Å².